The van der Waals surface area contributed by atoms with E-state index in [4.69, 9.17) is 10.5 Å². The lowest BCUT2D eigenvalue weighted by Gasteiger charge is -2.12. The van der Waals surface area contributed by atoms with Crippen LogP contribution in [0.15, 0.2) is 29.3 Å². The van der Waals surface area contributed by atoms with Crippen LogP contribution < -0.4 is 10.5 Å². The lowest BCUT2D eigenvalue weighted by Crippen LogP contribution is -2.24. The van der Waals surface area contributed by atoms with Crippen molar-refractivity contribution in [1.29, 1.82) is 0 Å². The molecule has 2 rings (SSSR count). The topological polar surface area (TPSA) is 50.9 Å². The van der Waals surface area contributed by atoms with Gasteiger partial charge in [-0.15, -0.1) is 0 Å². The fourth-order valence-corrected chi connectivity index (χ4v) is 2.47. The predicted octanol–water partition coefficient (Wildman–Crippen LogP) is 2.67. The maximum Gasteiger partial charge on any atom is 0.125 e. The Morgan fingerprint density at radius 1 is 1.24 bits per heavy atom. The van der Waals surface area contributed by atoms with E-state index in [1.54, 1.807) is 0 Å². The number of unbranched alkanes of at least 4 members (excludes halogenated alkanes) is 1. The SMILES string of the molecule is CCCCOc1ccc(C(N)=NCCN2CCCC2)cc1. The molecule has 4 heteroatoms. The van der Waals surface area contributed by atoms with Crippen molar-refractivity contribution in [2.24, 2.45) is 10.7 Å². The molecule has 0 saturated carbocycles. The lowest BCUT2D eigenvalue weighted by molar-refractivity contribution is 0.309. The van der Waals surface area contributed by atoms with Crippen molar-refractivity contribution in [1.82, 2.24) is 4.90 Å². The summed E-state index contributed by atoms with van der Waals surface area (Å²) >= 11 is 0. The Morgan fingerprint density at radius 3 is 2.62 bits per heavy atom. The van der Waals surface area contributed by atoms with E-state index in [0.717, 1.165) is 43.9 Å². The summed E-state index contributed by atoms with van der Waals surface area (Å²) in [5.74, 6) is 1.52. The zero-order valence-electron chi connectivity index (χ0n) is 13.1. The molecule has 1 fully saturated rings. The minimum absolute atomic E-state index is 0.620. The van der Waals surface area contributed by atoms with E-state index in [1.807, 2.05) is 24.3 Å². The Kier molecular flexibility index (Phi) is 6.54. The van der Waals surface area contributed by atoms with Gasteiger partial charge in [0.25, 0.3) is 0 Å². The van der Waals surface area contributed by atoms with Crippen LogP contribution in [0.3, 0.4) is 0 Å². The molecule has 0 amide bonds. The third kappa shape index (κ3) is 5.38. The first kappa shape index (κ1) is 15.8. The van der Waals surface area contributed by atoms with Gasteiger partial charge in [-0.3, -0.25) is 4.99 Å². The van der Waals surface area contributed by atoms with E-state index < -0.39 is 0 Å². The second-order valence-electron chi connectivity index (χ2n) is 5.54. The molecule has 1 aliphatic heterocycles. The molecule has 116 valence electrons. The first-order valence-corrected chi connectivity index (χ1v) is 8.05. The number of nitrogens with zero attached hydrogens (tertiary/aromatic N) is 2. The van der Waals surface area contributed by atoms with Crippen molar-refractivity contribution >= 4 is 5.84 Å². The Hall–Kier alpha value is -1.55. The van der Waals surface area contributed by atoms with Gasteiger partial charge in [-0.05, 0) is 56.6 Å². The van der Waals surface area contributed by atoms with Gasteiger partial charge in [0.1, 0.15) is 11.6 Å². The van der Waals surface area contributed by atoms with Crippen molar-refractivity contribution in [3.05, 3.63) is 29.8 Å². The maximum atomic E-state index is 6.04. The molecule has 0 spiro atoms. The molecule has 0 aliphatic carbocycles. The Balaban J connectivity index is 1.79. The molecule has 1 aromatic rings. The number of ether oxygens (including phenoxy) is 1. The van der Waals surface area contributed by atoms with Crippen molar-refractivity contribution in [2.45, 2.75) is 32.6 Å². The van der Waals surface area contributed by atoms with Crippen molar-refractivity contribution < 1.29 is 4.74 Å². The minimum atomic E-state index is 0.620. The molecule has 4 nitrogen and oxygen atoms in total. The van der Waals surface area contributed by atoms with Crippen LogP contribution in [0.4, 0.5) is 0 Å². The second-order valence-corrected chi connectivity index (χ2v) is 5.54. The van der Waals surface area contributed by atoms with E-state index in [0.29, 0.717) is 5.84 Å². The molecule has 0 radical (unpaired) electrons. The summed E-state index contributed by atoms with van der Waals surface area (Å²) < 4.78 is 5.64. The van der Waals surface area contributed by atoms with Gasteiger partial charge in [0.15, 0.2) is 0 Å². The van der Waals surface area contributed by atoms with Gasteiger partial charge < -0.3 is 15.4 Å². The van der Waals surface area contributed by atoms with Gasteiger partial charge in [-0.25, -0.2) is 0 Å². The van der Waals surface area contributed by atoms with Gasteiger partial charge in [-0.1, -0.05) is 13.3 Å². The summed E-state index contributed by atoms with van der Waals surface area (Å²) in [4.78, 5) is 6.92. The smallest absolute Gasteiger partial charge is 0.125 e. The number of aliphatic imine (C=N–C) groups is 1. The van der Waals surface area contributed by atoms with E-state index >= 15 is 0 Å². The summed E-state index contributed by atoms with van der Waals surface area (Å²) in [6.07, 6.45) is 4.87. The number of hydrogen-bond donors (Lipinski definition) is 1. The van der Waals surface area contributed by atoms with Crippen LogP contribution in [0, 0.1) is 0 Å². The van der Waals surface area contributed by atoms with Gasteiger partial charge in [0, 0.05) is 12.1 Å². The molecule has 1 heterocycles. The molecule has 1 aromatic carbocycles. The van der Waals surface area contributed by atoms with Crippen LogP contribution in [0.1, 0.15) is 38.2 Å². The fourth-order valence-electron chi connectivity index (χ4n) is 2.47. The third-order valence-corrected chi connectivity index (χ3v) is 3.81. The Morgan fingerprint density at radius 2 is 1.95 bits per heavy atom. The summed E-state index contributed by atoms with van der Waals surface area (Å²) in [7, 11) is 0. The van der Waals surface area contributed by atoms with Gasteiger partial charge in [-0.2, -0.15) is 0 Å². The molecule has 21 heavy (non-hydrogen) atoms. The summed E-state index contributed by atoms with van der Waals surface area (Å²) in [5.41, 5.74) is 7.01. The van der Waals surface area contributed by atoms with E-state index in [9.17, 15) is 0 Å². The zero-order chi connectivity index (χ0) is 14.9. The summed E-state index contributed by atoms with van der Waals surface area (Å²) in [5, 5.41) is 0. The van der Waals surface area contributed by atoms with Crippen LogP contribution in [0.25, 0.3) is 0 Å². The highest BCUT2D eigenvalue weighted by atomic mass is 16.5. The number of hydrogen-bond acceptors (Lipinski definition) is 3. The molecule has 0 aromatic heterocycles. The van der Waals surface area contributed by atoms with Crippen molar-refractivity contribution in [3.8, 4) is 5.75 Å². The molecule has 2 N–H and O–H groups in total. The zero-order valence-corrected chi connectivity index (χ0v) is 13.1. The Labute approximate surface area is 128 Å². The molecule has 0 bridgehead atoms. The van der Waals surface area contributed by atoms with Crippen LogP contribution in [0.5, 0.6) is 5.75 Å². The van der Waals surface area contributed by atoms with Crippen LogP contribution in [-0.4, -0.2) is 43.5 Å². The van der Waals surface area contributed by atoms with E-state index in [2.05, 4.69) is 16.8 Å². The quantitative estimate of drug-likeness (QED) is 0.455. The van der Waals surface area contributed by atoms with E-state index in [-0.39, 0.29) is 0 Å². The predicted molar refractivity (Wildman–Crippen MR) is 88.1 cm³/mol. The van der Waals surface area contributed by atoms with Crippen molar-refractivity contribution in [3.63, 3.8) is 0 Å². The van der Waals surface area contributed by atoms with Crippen LogP contribution in [0.2, 0.25) is 0 Å². The average Bonchev–Trinajstić information content (AvgIpc) is 3.01. The summed E-state index contributed by atoms with van der Waals surface area (Å²) in [6, 6.07) is 7.90. The van der Waals surface area contributed by atoms with Gasteiger partial charge in [0.2, 0.25) is 0 Å². The average molecular weight is 289 g/mol. The standard InChI is InChI=1S/C17H27N3O/c1-2-3-14-21-16-8-6-15(7-9-16)17(18)19-10-13-20-11-4-5-12-20/h6-9H,2-5,10-14H2,1H3,(H2,18,19). The second kappa shape index (κ2) is 8.67. The normalized spacial score (nSPS) is 16.3. The minimum Gasteiger partial charge on any atom is -0.494 e. The number of rotatable bonds is 8. The van der Waals surface area contributed by atoms with Crippen molar-refractivity contribution in [2.75, 3.05) is 32.8 Å². The molecule has 1 aliphatic rings. The van der Waals surface area contributed by atoms with Gasteiger partial charge >= 0.3 is 0 Å². The molecule has 1 saturated heterocycles. The van der Waals surface area contributed by atoms with Gasteiger partial charge in [0.05, 0.1) is 13.2 Å². The first-order chi connectivity index (χ1) is 10.3. The number of nitrogens with two attached hydrogens (primary N) is 1. The molecule has 0 unspecified atom stereocenters. The highest BCUT2D eigenvalue weighted by Gasteiger charge is 2.10. The number of likely N-dealkylation sites (tertiary alicyclic amines) is 1. The van der Waals surface area contributed by atoms with Crippen LogP contribution >= 0.6 is 0 Å². The lowest BCUT2D eigenvalue weighted by atomic mass is 10.2. The maximum absolute atomic E-state index is 6.04. The molecular weight excluding hydrogens is 262 g/mol. The number of amidine groups is 1. The highest BCUT2D eigenvalue weighted by molar-refractivity contribution is 5.97. The summed E-state index contributed by atoms with van der Waals surface area (Å²) in [6.45, 7) is 7.14. The first-order valence-electron chi connectivity index (χ1n) is 8.05. The number of benzene rings is 1. The molecular formula is C17H27N3O. The fraction of sp³-hybridized carbons (Fsp3) is 0.588. The molecule has 0 atom stereocenters. The highest BCUT2D eigenvalue weighted by Crippen LogP contribution is 2.13. The monoisotopic (exact) mass is 289 g/mol. The third-order valence-electron chi connectivity index (χ3n) is 3.81. The van der Waals surface area contributed by atoms with Crippen LogP contribution in [-0.2, 0) is 0 Å². The Bertz CT molecular complexity index is 436. The largest absolute Gasteiger partial charge is 0.494 e. The van der Waals surface area contributed by atoms with E-state index in [1.165, 1.54) is 25.9 Å².